The number of piperidine rings is 4. The Labute approximate surface area is 463 Å². The Balaban J connectivity index is 0.000000227. The molecule has 6 aliphatic heterocycles. The standard InChI is InChI=1S/C32H49N3O6.C28H41N3O6/c1-3-39-29(36)22-32(30(37)40-4-2)15-20-34(21-16-32)24-28-25-35(31(38)41-28)17-9-8-10-26-13-18-33(19-14-26)23-27-11-6-5-7-12-27;32-25(33)18-28(26(34)35)11-16-30(17-12-28)20-24-21-31(27(36)37-24)13-5-4-6-22-9-14-29(15-10-22)19-23-7-2-1-3-8-23/h5-7,11-12,26,28H,3-4,8-10,13-25H2,1-2H3;1-3,7-8,22,24H,4-6,9-21H2,(H,32,33)(H,34,35). The topological polar surface area (TPSA) is 199 Å². The van der Waals surface area contributed by atoms with Gasteiger partial charge in [0.05, 0.1) is 50.0 Å². The Kier molecular flexibility index (Phi) is 23.5. The lowest BCUT2D eigenvalue weighted by Gasteiger charge is -2.39. The first-order valence-corrected chi connectivity index (χ1v) is 29.4. The third-order valence-corrected chi connectivity index (χ3v) is 17.4. The highest BCUT2D eigenvalue weighted by atomic mass is 16.6. The van der Waals surface area contributed by atoms with E-state index in [0.717, 1.165) is 70.2 Å². The number of carbonyl (C=O) groups excluding carboxylic acids is 4. The number of unbranched alkanes of at least 4 members (excludes halogenated alkanes) is 2. The summed E-state index contributed by atoms with van der Waals surface area (Å²) in [5.41, 5.74) is 0.735. The van der Waals surface area contributed by atoms with Gasteiger partial charge in [0.1, 0.15) is 12.2 Å². The lowest BCUT2D eigenvalue weighted by atomic mass is 9.75. The number of hydrogen-bond donors (Lipinski definition) is 2. The number of rotatable bonds is 26. The van der Waals surface area contributed by atoms with Crippen LogP contribution in [0.3, 0.4) is 0 Å². The minimum atomic E-state index is -1.20. The fourth-order valence-corrected chi connectivity index (χ4v) is 12.6. The molecule has 0 spiro atoms. The van der Waals surface area contributed by atoms with E-state index >= 15 is 0 Å². The van der Waals surface area contributed by atoms with Gasteiger partial charge in [0.2, 0.25) is 0 Å². The van der Waals surface area contributed by atoms with E-state index in [4.69, 9.17) is 24.1 Å². The molecule has 0 aromatic heterocycles. The zero-order valence-electron chi connectivity index (χ0n) is 46.8. The number of cyclic esters (lactones) is 2. The van der Waals surface area contributed by atoms with Crippen LogP contribution < -0.4 is 0 Å². The first kappa shape index (κ1) is 60.3. The van der Waals surface area contributed by atoms with Gasteiger partial charge in [-0.2, -0.15) is 0 Å². The average molecular weight is 1090 g/mol. The van der Waals surface area contributed by atoms with Crippen LogP contribution in [-0.2, 0) is 51.2 Å². The van der Waals surface area contributed by atoms with E-state index in [0.29, 0.717) is 91.2 Å². The molecule has 8 rings (SSSR count). The van der Waals surface area contributed by atoms with Crippen LogP contribution in [0.15, 0.2) is 60.7 Å². The van der Waals surface area contributed by atoms with Crippen molar-refractivity contribution in [1.29, 1.82) is 0 Å². The van der Waals surface area contributed by atoms with Crippen molar-refractivity contribution in [2.75, 3.05) is 105 Å². The van der Waals surface area contributed by atoms with Crippen molar-refractivity contribution in [2.45, 2.75) is 142 Å². The number of nitrogens with zero attached hydrogens (tertiary/aromatic N) is 6. The first-order chi connectivity index (χ1) is 37.7. The highest BCUT2D eigenvalue weighted by Crippen LogP contribution is 2.38. The Morgan fingerprint density at radius 1 is 0.551 bits per heavy atom. The zero-order valence-corrected chi connectivity index (χ0v) is 46.8. The van der Waals surface area contributed by atoms with E-state index in [2.05, 4.69) is 80.3 Å². The minimum Gasteiger partial charge on any atom is -0.481 e. The van der Waals surface area contributed by atoms with Gasteiger partial charge in [-0.15, -0.1) is 0 Å². The predicted octanol–water partition coefficient (Wildman–Crippen LogP) is 8.02. The van der Waals surface area contributed by atoms with Gasteiger partial charge in [-0.3, -0.25) is 38.8 Å². The van der Waals surface area contributed by atoms with E-state index in [1.165, 1.54) is 62.7 Å². The Bertz CT molecular complexity index is 2190. The molecular formula is C60H90N6O12. The zero-order chi connectivity index (χ0) is 55.3. The molecule has 0 bridgehead atoms. The molecule has 0 radical (unpaired) electrons. The second-order valence-electron chi connectivity index (χ2n) is 23.0. The maximum Gasteiger partial charge on any atom is 0.410 e. The van der Waals surface area contributed by atoms with Gasteiger partial charge < -0.3 is 39.0 Å². The third kappa shape index (κ3) is 18.4. The predicted molar refractivity (Wildman–Crippen MR) is 294 cm³/mol. The average Bonchev–Trinajstić information content (AvgIpc) is 3.98. The summed E-state index contributed by atoms with van der Waals surface area (Å²) in [6, 6.07) is 21.4. The quantitative estimate of drug-likeness (QED) is 0.0521. The molecule has 18 heteroatoms. The Hall–Kier alpha value is -5.30. The van der Waals surface area contributed by atoms with Crippen molar-refractivity contribution in [3.05, 3.63) is 71.8 Å². The summed E-state index contributed by atoms with van der Waals surface area (Å²) in [4.78, 5) is 85.8. The molecule has 0 aliphatic carbocycles. The Morgan fingerprint density at radius 2 is 0.974 bits per heavy atom. The van der Waals surface area contributed by atoms with Crippen molar-refractivity contribution in [3.63, 3.8) is 0 Å². The van der Waals surface area contributed by atoms with Crippen molar-refractivity contribution in [2.24, 2.45) is 22.7 Å². The molecule has 2 amide bonds. The molecule has 2 N–H and O–H groups in total. The molecule has 2 atom stereocenters. The summed E-state index contributed by atoms with van der Waals surface area (Å²) in [5, 5.41) is 18.7. The van der Waals surface area contributed by atoms with Crippen LogP contribution in [0.5, 0.6) is 0 Å². The molecule has 432 valence electrons. The first-order valence-electron chi connectivity index (χ1n) is 29.4. The SMILES string of the molecule is CCOC(=O)CC1(C(=O)OCC)CCN(CC2CN(CCCCC3CCN(Cc4ccccc4)CC3)C(=O)O2)CC1.O=C(O)CC1(C(=O)O)CCN(CC2CN(CCCCC3CCN(Cc4ccccc4)CC3)C(=O)O2)CC1. The van der Waals surface area contributed by atoms with Gasteiger partial charge in [0.25, 0.3) is 0 Å². The highest BCUT2D eigenvalue weighted by molar-refractivity contribution is 5.84. The van der Waals surface area contributed by atoms with Gasteiger partial charge in [-0.05, 0) is 153 Å². The monoisotopic (exact) mass is 1090 g/mol. The number of benzene rings is 2. The molecule has 6 fully saturated rings. The normalized spacial score (nSPS) is 22.5. The van der Waals surface area contributed by atoms with Crippen LogP contribution in [0.1, 0.15) is 128 Å². The van der Waals surface area contributed by atoms with Crippen LogP contribution in [0.2, 0.25) is 0 Å². The second kappa shape index (κ2) is 30.3. The van der Waals surface area contributed by atoms with Crippen LogP contribution in [-0.4, -0.2) is 193 Å². The molecule has 6 heterocycles. The lowest BCUT2D eigenvalue weighted by Crippen LogP contribution is -2.48. The van der Waals surface area contributed by atoms with E-state index in [1.807, 2.05) is 4.90 Å². The number of carboxylic acids is 2. The van der Waals surface area contributed by atoms with Crippen molar-refractivity contribution in [3.8, 4) is 0 Å². The smallest absolute Gasteiger partial charge is 0.410 e. The second-order valence-corrected chi connectivity index (χ2v) is 23.0. The van der Waals surface area contributed by atoms with Crippen LogP contribution in [0.4, 0.5) is 9.59 Å². The van der Waals surface area contributed by atoms with Crippen molar-refractivity contribution >= 4 is 36.1 Å². The van der Waals surface area contributed by atoms with Crippen LogP contribution in [0.25, 0.3) is 0 Å². The summed E-state index contributed by atoms with van der Waals surface area (Å²) in [6.45, 7) is 17.0. The lowest BCUT2D eigenvalue weighted by molar-refractivity contribution is -0.165. The summed E-state index contributed by atoms with van der Waals surface area (Å²) in [6.07, 6.45) is 12.1. The van der Waals surface area contributed by atoms with Crippen molar-refractivity contribution < 1.29 is 57.9 Å². The number of carboxylic acid groups (broad SMARTS) is 2. The number of amides is 2. The molecule has 0 saturated carbocycles. The maximum atomic E-state index is 12.8. The summed E-state index contributed by atoms with van der Waals surface area (Å²) >= 11 is 0. The van der Waals surface area contributed by atoms with Gasteiger partial charge in [0.15, 0.2) is 0 Å². The number of esters is 2. The molecule has 2 aromatic rings. The maximum absolute atomic E-state index is 12.8. The van der Waals surface area contributed by atoms with E-state index in [1.54, 1.807) is 18.7 Å². The fourth-order valence-electron chi connectivity index (χ4n) is 12.6. The molecule has 78 heavy (non-hydrogen) atoms. The Morgan fingerprint density at radius 3 is 1.37 bits per heavy atom. The molecule has 6 saturated heterocycles. The van der Waals surface area contributed by atoms with Crippen LogP contribution in [0, 0.1) is 22.7 Å². The highest BCUT2D eigenvalue weighted by Gasteiger charge is 2.47. The number of likely N-dealkylation sites (tertiary alicyclic amines) is 4. The van der Waals surface area contributed by atoms with E-state index in [-0.39, 0.29) is 55.8 Å². The van der Waals surface area contributed by atoms with Gasteiger partial charge in [-0.1, -0.05) is 86.3 Å². The fraction of sp³-hybridized carbons (Fsp3) is 0.700. The summed E-state index contributed by atoms with van der Waals surface area (Å²) in [7, 11) is 0. The van der Waals surface area contributed by atoms with E-state index in [9.17, 15) is 33.9 Å². The number of ether oxygens (including phenoxy) is 4. The van der Waals surface area contributed by atoms with Gasteiger partial charge in [0, 0.05) is 39.3 Å². The molecule has 2 aromatic carbocycles. The number of aliphatic carboxylic acids is 2. The molecule has 18 nitrogen and oxygen atoms in total. The molecule has 6 aliphatic rings. The summed E-state index contributed by atoms with van der Waals surface area (Å²) < 4.78 is 21.7. The largest absolute Gasteiger partial charge is 0.481 e. The van der Waals surface area contributed by atoms with Gasteiger partial charge in [-0.25, -0.2) is 9.59 Å². The number of hydrogen-bond acceptors (Lipinski definition) is 14. The van der Waals surface area contributed by atoms with Crippen LogP contribution >= 0.6 is 0 Å². The van der Waals surface area contributed by atoms with Crippen molar-refractivity contribution in [1.82, 2.24) is 29.4 Å². The molecule has 2 unspecified atom stereocenters. The minimum absolute atomic E-state index is 0.0481. The third-order valence-electron chi connectivity index (χ3n) is 17.4. The van der Waals surface area contributed by atoms with E-state index < -0.39 is 22.8 Å². The number of carbonyl (C=O) groups is 6. The summed E-state index contributed by atoms with van der Waals surface area (Å²) in [5.74, 6) is -1.24. The van der Waals surface area contributed by atoms with Gasteiger partial charge >= 0.3 is 36.1 Å². The molecular weight excluding hydrogens is 997 g/mol.